The summed E-state index contributed by atoms with van der Waals surface area (Å²) in [5, 5.41) is 12.7. The van der Waals surface area contributed by atoms with Gasteiger partial charge in [-0.05, 0) is 85.8 Å². The summed E-state index contributed by atoms with van der Waals surface area (Å²) in [4.78, 5) is 21.6. The fourth-order valence-corrected chi connectivity index (χ4v) is 8.18. The molecule has 2 atom stereocenters. The second-order valence-electron chi connectivity index (χ2n) is 12.4. The van der Waals surface area contributed by atoms with E-state index in [9.17, 15) is 9.90 Å². The number of para-hydroxylation sites is 1. The van der Waals surface area contributed by atoms with E-state index >= 15 is 0 Å². The van der Waals surface area contributed by atoms with Crippen LogP contribution in [-0.2, 0) is 29.1 Å². The number of hydrogen-bond donors (Lipinski definition) is 1. The van der Waals surface area contributed by atoms with Crippen LogP contribution in [0.15, 0.2) is 35.7 Å². The number of aliphatic carboxylic acids is 1. The number of benzene rings is 2. The molecule has 4 heterocycles. The Morgan fingerprint density at radius 3 is 2.85 bits per heavy atom. The van der Waals surface area contributed by atoms with Crippen LogP contribution in [0.1, 0.15) is 53.5 Å². The number of hydrogen-bond acceptors (Lipinski definition) is 7. The van der Waals surface area contributed by atoms with Crippen molar-refractivity contribution in [2.45, 2.75) is 65.1 Å². The molecule has 0 bridgehead atoms. The van der Waals surface area contributed by atoms with Gasteiger partial charge < -0.3 is 19.5 Å². The van der Waals surface area contributed by atoms with E-state index in [4.69, 9.17) is 14.5 Å². The zero-order valence-corrected chi connectivity index (χ0v) is 24.8. The molecule has 3 aliphatic heterocycles. The summed E-state index contributed by atoms with van der Waals surface area (Å²) in [5.74, 6) is 0.497. The van der Waals surface area contributed by atoms with Gasteiger partial charge in [0, 0.05) is 56.4 Å². The Labute approximate surface area is 246 Å². The molecule has 1 aromatic heterocycles. The van der Waals surface area contributed by atoms with Crippen LogP contribution < -0.4 is 9.64 Å². The number of aryl methyl sites for hydroxylation is 1. The average molecular weight is 574 g/mol. The molecule has 7 rings (SSSR count). The average Bonchev–Trinajstić information content (AvgIpc) is 3.55. The lowest BCUT2D eigenvalue weighted by atomic mass is 9.90. The van der Waals surface area contributed by atoms with Gasteiger partial charge in [-0.15, -0.1) is 11.3 Å². The molecule has 8 heteroatoms. The van der Waals surface area contributed by atoms with E-state index in [-0.39, 0.29) is 5.92 Å². The first-order chi connectivity index (χ1) is 19.9. The number of carbonyl (C=O) groups is 1. The Bertz CT molecular complexity index is 1460. The predicted octanol–water partition coefficient (Wildman–Crippen LogP) is 5.84. The molecule has 1 N–H and O–H groups in total. The molecule has 3 fully saturated rings. The minimum absolute atomic E-state index is 0.240. The van der Waals surface area contributed by atoms with Crippen LogP contribution >= 0.6 is 11.3 Å². The third kappa shape index (κ3) is 4.94. The summed E-state index contributed by atoms with van der Waals surface area (Å²) in [7, 11) is 0. The number of nitrogens with zero attached hydrogens (tertiary/aromatic N) is 3. The highest BCUT2D eigenvalue weighted by atomic mass is 32.1. The molecular formula is C33H39N3O4S. The van der Waals surface area contributed by atoms with Gasteiger partial charge in [0.05, 0.1) is 11.1 Å². The maximum absolute atomic E-state index is 11.7. The van der Waals surface area contributed by atoms with Gasteiger partial charge >= 0.3 is 5.97 Å². The summed E-state index contributed by atoms with van der Waals surface area (Å²) in [5.41, 5.74) is 8.12. The molecule has 4 aliphatic rings. The van der Waals surface area contributed by atoms with Crippen LogP contribution in [-0.4, -0.2) is 59.8 Å². The zero-order chi connectivity index (χ0) is 28.1. The van der Waals surface area contributed by atoms with Crippen molar-refractivity contribution in [1.29, 1.82) is 0 Å². The van der Waals surface area contributed by atoms with Gasteiger partial charge in [0.25, 0.3) is 0 Å². The number of fused-ring (bicyclic) bond motifs is 2. The molecule has 2 saturated heterocycles. The van der Waals surface area contributed by atoms with E-state index in [0.29, 0.717) is 19.1 Å². The molecule has 216 valence electrons. The van der Waals surface area contributed by atoms with E-state index < -0.39 is 11.4 Å². The Morgan fingerprint density at radius 1 is 1.20 bits per heavy atom. The van der Waals surface area contributed by atoms with Gasteiger partial charge in [0.1, 0.15) is 12.4 Å². The van der Waals surface area contributed by atoms with E-state index in [0.717, 1.165) is 92.8 Å². The highest BCUT2D eigenvalue weighted by molar-refractivity contribution is 7.14. The SMILES string of the molecule is Cc1cccc(-c2csc(N3CC[C@@]4(C(=O)O)C[C@H]4C3)n2)c1OCc1ccc2c(c1C)CCN(C1CCOCC1)C2. The number of ether oxygens (including phenoxy) is 2. The van der Waals surface area contributed by atoms with Gasteiger partial charge in [-0.2, -0.15) is 0 Å². The monoisotopic (exact) mass is 573 g/mol. The van der Waals surface area contributed by atoms with Crippen molar-refractivity contribution in [3.8, 4) is 17.0 Å². The summed E-state index contributed by atoms with van der Waals surface area (Å²) in [6.45, 7) is 10.3. The topological polar surface area (TPSA) is 75.1 Å². The minimum Gasteiger partial charge on any atom is -0.488 e. The first-order valence-electron chi connectivity index (χ1n) is 15.0. The highest BCUT2D eigenvalue weighted by Crippen LogP contribution is 2.58. The minimum atomic E-state index is -0.630. The second kappa shape index (κ2) is 10.7. The highest BCUT2D eigenvalue weighted by Gasteiger charge is 2.62. The van der Waals surface area contributed by atoms with Gasteiger partial charge in [-0.25, -0.2) is 4.98 Å². The van der Waals surface area contributed by atoms with E-state index in [1.54, 1.807) is 11.3 Å². The molecular weight excluding hydrogens is 534 g/mol. The molecule has 2 aromatic carbocycles. The normalized spacial score (nSPS) is 24.5. The number of thiazole rings is 1. The van der Waals surface area contributed by atoms with Crippen molar-refractivity contribution in [2.75, 3.05) is 37.7 Å². The summed E-state index contributed by atoms with van der Waals surface area (Å²) < 4.78 is 12.2. The smallest absolute Gasteiger partial charge is 0.310 e. The molecule has 3 aromatic rings. The Kier molecular flexibility index (Phi) is 7.04. The maximum Gasteiger partial charge on any atom is 0.310 e. The Hall–Kier alpha value is -2.94. The standard InChI is InChI=1S/C33H39N3O4S/c1-21-4-3-5-28(29-20-41-32(34-29)36-13-11-33(31(37)38)16-25(33)18-36)30(21)40-19-24-7-6-23-17-35(12-8-27(23)22(24)2)26-9-14-39-15-10-26/h3-7,20,25-26H,8-19H2,1-2H3,(H,37,38)/t25-,33+/m0/s1. The first-order valence-corrected chi connectivity index (χ1v) is 15.9. The Morgan fingerprint density at radius 2 is 2.05 bits per heavy atom. The number of anilines is 1. The van der Waals surface area contributed by atoms with Crippen molar-refractivity contribution >= 4 is 22.4 Å². The molecule has 1 aliphatic carbocycles. The van der Waals surface area contributed by atoms with Crippen molar-refractivity contribution in [3.05, 3.63) is 63.5 Å². The fraction of sp³-hybridized carbons (Fsp3) is 0.515. The Balaban J connectivity index is 1.06. The predicted molar refractivity (Wildman–Crippen MR) is 161 cm³/mol. The van der Waals surface area contributed by atoms with Crippen molar-refractivity contribution in [3.63, 3.8) is 0 Å². The number of carboxylic acid groups (broad SMARTS) is 1. The second-order valence-corrected chi connectivity index (χ2v) is 13.2. The molecule has 0 amide bonds. The number of rotatable bonds is 7. The molecule has 0 radical (unpaired) electrons. The van der Waals surface area contributed by atoms with Crippen molar-refractivity contribution in [2.24, 2.45) is 11.3 Å². The zero-order valence-electron chi connectivity index (χ0n) is 24.0. The molecule has 1 saturated carbocycles. The number of piperidine rings is 1. The summed E-state index contributed by atoms with van der Waals surface area (Å²) in [6.07, 6.45) is 4.87. The van der Waals surface area contributed by atoms with Crippen LogP contribution in [0.2, 0.25) is 0 Å². The van der Waals surface area contributed by atoms with E-state index in [1.165, 1.54) is 22.3 Å². The van der Waals surface area contributed by atoms with Crippen LogP contribution in [0.5, 0.6) is 5.75 Å². The quantitative estimate of drug-likeness (QED) is 0.380. The van der Waals surface area contributed by atoms with Crippen LogP contribution in [0.3, 0.4) is 0 Å². The number of carboxylic acids is 1. The van der Waals surface area contributed by atoms with Gasteiger partial charge in [-0.1, -0.05) is 24.3 Å². The largest absolute Gasteiger partial charge is 0.488 e. The van der Waals surface area contributed by atoms with Crippen molar-refractivity contribution in [1.82, 2.24) is 9.88 Å². The van der Waals surface area contributed by atoms with Gasteiger partial charge in [-0.3, -0.25) is 9.69 Å². The lowest BCUT2D eigenvalue weighted by Crippen LogP contribution is -2.42. The third-order valence-corrected chi connectivity index (χ3v) is 11.0. The first kappa shape index (κ1) is 26.9. The van der Waals surface area contributed by atoms with E-state index in [1.807, 2.05) is 0 Å². The fourth-order valence-electron chi connectivity index (χ4n) is 7.32. The van der Waals surface area contributed by atoms with Crippen LogP contribution in [0.25, 0.3) is 11.3 Å². The van der Waals surface area contributed by atoms with Crippen LogP contribution in [0.4, 0.5) is 5.13 Å². The summed E-state index contributed by atoms with van der Waals surface area (Å²) >= 11 is 1.64. The van der Waals surface area contributed by atoms with Gasteiger partial charge in [0.2, 0.25) is 0 Å². The maximum atomic E-state index is 11.7. The lowest BCUT2D eigenvalue weighted by molar-refractivity contribution is -0.144. The van der Waals surface area contributed by atoms with Crippen LogP contribution in [0, 0.1) is 25.2 Å². The van der Waals surface area contributed by atoms with E-state index in [2.05, 4.69) is 59.4 Å². The number of aromatic nitrogens is 1. The lowest BCUT2D eigenvalue weighted by Gasteiger charge is -2.38. The molecule has 7 nitrogen and oxygen atoms in total. The molecule has 0 spiro atoms. The summed E-state index contributed by atoms with van der Waals surface area (Å²) in [6, 6.07) is 11.5. The molecule has 0 unspecified atom stereocenters. The molecule has 41 heavy (non-hydrogen) atoms. The van der Waals surface area contributed by atoms with Gasteiger partial charge in [0.15, 0.2) is 5.13 Å². The third-order valence-electron chi connectivity index (χ3n) is 10.1. The van der Waals surface area contributed by atoms with Crippen molar-refractivity contribution < 1.29 is 19.4 Å².